The van der Waals surface area contributed by atoms with E-state index in [0.29, 0.717) is 13.1 Å². The maximum atomic E-state index is 12.3. The average Bonchev–Trinajstić information content (AvgIpc) is 3.21. The fourth-order valence-electron chi connectivity index (χ4n) is 3.55. The number of fused-ring (bicyclic) bond motifs is 1. The molecule has 2 aromatic rings. The third kappa shape index (κ3) is 4.14. The quantitative estimate of drug-likeness (QED) is 0.822. The molecular formula is C21H25N3O4. The van der Waals surface area contributed by atoms with Crippen molar-refractivity contribution in [2.24, 2.45) is 0 Å². The predicted octanol–water partition coefficient (Wildman–Crippen LogP) is 1.86. The Bertz CT molecular complexity index is 834. The van der Waals surface area contributed by atoms with E-state index in [0.717, 1.165) is 54.7 Å². The van der Waals surface area contributed by atoms with Crippen LogP contribution in [0.2, 0.25) is 0 Å². The number of amides is 1. The molecule has 4 rings (SSSR count). The van der Waals surface area contributed by atoms with E-state index < -0.39 is 0 Å². The largest absolute Gasteiger partial charge is 0.495 e. The van der Waals surface area contributed by atoms with Crippen molar-refractivity contribution in [3.8, 4) is 17.2 Å². The number of carbonyl (C=O) groups is 1. The van der Waals surface area contributed by atoms with Crippen LogP contribution in [0, 0.1) is 0 Å². The lowest BCUT2D eigenvalue weighted by atomic mass is 10.2. The van der Waals surface area contributed by atoms with Crippen molar-refractivity contribution in [3.05, 3.63) is 48.0 Å². The highest BCUT2D eigenvalue weighted by Crippen LogP contribution is 2.32. The van der Waals surface area contributed by atoms with Crippen LogP contribution in [-0.2, 0) is 11.3 Å². The van der Waals surface area contributed by atoms with Gasteiger partial charge in [-0.2, -0.15) is 0 Å². The number of rotatable bonds is 6. The molecule has 0 atom stereocenters. The fraction of sp³-hybridized carbons (Fsp3) is 0.381. The first-order valence-electron chi connectivity index (χ1n) is 9.48. The van der Waals surface area contributed by atoms with E-state index in [1.165, 1.54) is 0 Å². The first kappa shape index (κ1) is 18.4. The van der Waals surface area contributed by atoms with Gasteiger partial charge in [0.05, 0.1) is 19.3 Å². The second kappa shape index (κ2) is 8.39. The Kier molecular flexibility index (Phi) is 5.53. The van der Waals surface area contributed by atoms with Crippen molar-refractivity contribution in [1.29, 1.82) is 0 Å². The fourth-order valence-corrected chi connectivity index (χ4v) is 3.55. The van der Waals surface area contributed by atoms with Crippen LogP contribution in [0.1, 0.15) is 5.56 Å². The molecule has 0 radical (unpaired) electrons. The number of benzene rings is 2. The summed E-state index contributed by atoms with van der Waals surface area (Å²) >= 11 is 0. The van der Waals surface area contributed by atoms with Crippen molar-refractivity contribution in [1.82, 2.24) is 10.2 Å². The van der Waals surface area contributed by atoms with Crippen LogP contribution in [0.25, 0.3) is 0 Å². The molecule has 0 aromatic heterocycles. The van der Waals surface area contributed by atoms with Crippen molar-refractivity contribution in [2.75, 3.05) is 51.5 Å². The number of methoxy groups -OCH3 is 1. The highest BCUT2D eigenvalue weighted by molar-refractivity contribution is 5.78. The Balaban J connectivity index is 1.24. The van der Waals surface area contributed by atoms with Gasteiger partial charge in [0.2, 0.25) is 12.7 Å². The lowest BCUT2D eigenvalue weighted by Gasteiger charge is -2.36. The molecule has 1 N–H and O–H groups in total. The van der Waals surface area contributed by atoms with Gasteiger partial charge in [0.1, 0.15) is 5.75 Å². The van der Waals surface area contributed by atoms with Gasteiger partial charge < -0.3 is 24.4 Å². The lowest BCUT2D eigenvalue weighted by molar-refractivity contribution is -0.122. The summed E-state index contributed by atoms with van der Waals surface area (Å²) in [5, 5.41) is 2.99. The lowest BCUT2D eigenvalue weighted by Crippen LogP contribution is -2.49. The van der Waals surface area contributed by atoms with E-state index in [2.05, 4.69) is 21.2 Å². The first-order valence-corrected chi connectivity index (χ1v) is 9.48. The molecule has 1 amide bonds. The number of nitrogens with zero attached hydrogens (tertiary/aromatic N) is 2. The van der Waals surface area contributed by atoms with Crippen molar-refractivity contribution >= 4 is 11.6 Å². The number of hydrogen-bond acceptors (Lipinski definition) is 6. The third-order valence-corrected chi connectivity index (χ3v) is 5.09. The number of anilines is 1. The number of carbonyl (C=O) groups excluding carboxylic acids is 1. The maximum Gasteiger partial charge on any atom is 0.234 e. The van der Waals surface area contributed by atoms with E-state index in [9.17, 15) is 4.79 Å². The topological polar surface area (TPSA) is 63.3 Å². The molecule has 28 heavy (non-hydrogen) atoms. The molecule has 0 unspecified atom stereocenters. The SMILES string of the molecule is COc1ccccc1N1CCN(CC(=O)NCc2ccc3c(c2)OCO3)CC1. The minimum absolute atomic E-state index is 0.0309. The van der Waals surface area contributed by atoms with Crippen LogP contribution in [-0.4, -0.2) is 57.4 Å². The molecule has 0 aliphatic carbocycles. The highest BCUT2D eigenvalue weighted by Gasteiger charge is 2.21. The zero-order chi connectivity index (χ0) is 19.3. The molecule has 2 aliphatic heterocycles. The van der Waals surface area contributed by atoms with Gasteiger partial charge in [-0.25, -0.2) is 0 Å². The predicted molar refractivity (Wildman–Crippen MR) is 106 cm³/mol. The summed E-state index contributed by atoms with van der Waals surface area (Å²) in [4.78, 5) is 16.8. The minimum atomic E-state index is 0.0309. The van der Waals surface area contributed by atoms with E-state index in [1.807, 2.05) is 36.4 Å². The number of para-hydroxylation sites is 2. The summed E-state index contributed by atoms with van der Waals surface area (Å²) in [5.41, 5.74) is 2.11. The standard InChI is InChI=1S/C21H25N3O4/c1-26-18-5-3-2-4-17(18)24-10-8-23(9-11-24)14-21(25)22-13-16-6-7-19-20(12-16)28-15-27-19/h2-7,12H,8-11,13-15H2,1H3,(H,22,25). The van der Waals surface area contributed by atoms with E-state index >= 15 is 0 Å². The Labute approximate surface area is 164 Å². The molecule has 7 nitrogen and oxygen atoms in total. The van der Waals surface area contributed by atoms with Gasteiger partial charge in [-0.1, -0.05) is 18.2 Å². The Morgan fingerprint density at radius 1 is 1.07 bits per heavy atom. The van der Waals surface area contributed by atoms with Crippen LogP contribution in [0.15, 0.2) is 42.5 Å². The molecule has 2 heterocycles. The van der Waals surface area contributed by atoms with E-state index in [4.69, 9.17) is 14.2 Å². The molecular weight excluding hydrogens is 358 g/mol. The summed E-state index contributed by atoms with van der Waals surface area (Å²) in [6, 6.07) is 13.8. The van der Waals surface area contributed by atoms with Gasteiger partial charge in [0, 0.05) is 32.7 Å². The average molecular weight is 383 g/mol. The summed E-state index contributed by atoms with van der Waals surface area (Å²) in [6.45, 7) is 4.57. The Hall–Kier alpha value is -2.93. The highest BCUT2D eigenvalue weighted by atomic mass is 16.7. The van der Waals surface area contributed by atoms with E-state index in [1.54, 1.807) is 7.11 Å². The number of nitrogens with one attached hydrogen (secondary N) is 1. The van der Waals surface area contributed by atoms with Crippen LogP contribution in [0.3, 0.4) is 0 Å². The second-order valence-corrected chi connectivity index (χ2v) is 6.90. The molecule has 2 aromatic carbocycles. The van der Waals surface area contributed by atoms with Gasteiger partial charge in [-0.05, 0) is 29.8 Å². The summed E-state index contributed by atoms with van der Waals surface area (Å²) < 4.78 is 16.1. The van der Waals surface area contributed by atoms with Crippen LogP contribution >= 0.6 is 0 Å². The maximum absolute atomic E-state index is 12.3. The minimum Gasteiger partial charge on any atom is -0.495 e. The molecule has 148 valence electrons. The van der Waals surface area contributed by atoms with Gasteiger partial charge in [0.25, 0.3) is 0 Å². The van der Waals surface area contributed by atoms with Gasteiger partial charge in [0.15, 0.2) is 11.5 Å². The van der Waals surface area contributed by atoms with Gasteiger partial charge >= 0.3 is 0 Å². The van der Waals surface area contributed by atoms with Crippen molar-refractivity contribution < 1.29 is 19.0 Å². The third-order valence-electron chi connectivity index (χ3n) is 5.09. The molecule has 0 saturated carbocycles. The molecule has 0 spiro atoms. The second-order valence-electron chi connectivity index (χ2n) is 6.90. The number of piperazine rings is 1. The first-order chi connectivity index (χ1) is 13.7. The zero-order valence-corrected chi connectivity index (χ0v) is 16.0. The van der Waals surface area contributed by atoms with E-state index in [-0.39, 0.29) is 12.7 Å². The molecule has 7 heteroatoms. The monoisotopic (exact) mass is 383 g/mol. The van der Waals surface area contributed by atoms with Crippen molar-refractivity contribution in [2.45, 2.75) is 6.54 Å². The van der Waals surface area contributed by atoms with Gasteiger partial charge in [-0.3, -0.25) is 9.69 Å². The van der Waals surface area contributed by atoms with Crippen LogP contribution in [0.4, 0.5) is 5.69 Å². The Morgan fingerprint density at radius 3 is 2.68 bits per heavy atom. The number of ether oxygens (including phenoxy) is 3. The summed E-state index contributed by atoms with van der Waals surface area (Å²) in [7, 11) is 1.69. The summed E-state index contributed by atoms with van der Waals surface area (Å²) in [6.07, 6.45) is 0. The molecule has 0 bridgehead atoms. The smallest absolute Gasteiger partial charge is 0.234 e. The number of hydrogen-bond donors (Lipinski definition) is 1. The molecule has 2 aliphatic rings. The normalized spacial score (nSPS) is 16.1. The zero-order valence-electron chi connectivity index (χ0n) is 16.0. The Morgan fingerprint density at radius 2 is 1.86 bits per heavy atom. The van der Waals surface area contributed by atoms with Crippen LogP contribution < -0.4 is 24.4 Å². The van der Waals surface area contributed by atoms with Crippen LogP contribution in [0.5, 0.6) is 17.2 Å². The molecule has 1 saturated heterocycles. The van der Waals surface area contributed by atoms with Crippen molar-refractivity contribution in [3.63, 3.8) is 0 Å². The summed E-state index contributed by atoms with van der Waals surface area (Å²) in [5.74, 6) is 2.41. The molecule has 1 fully saturated rings. The van der Waals surface area contributed by atoms with Gasteiger partial charge in [-0.15, -0.1) is 0 Å².